The smallest absolute Gasteiger partial charge is 0.251 e. The van der Waals surface area contributed by atoms with Crippen molar-refractivity contribution in [2.24, 2.45) is 5.73 Å². The Morgan fingerprint density at radius 1 is 1.22 bits per heavy atom. The van der Waals surface area contributed by atoms with Crippen LogP contribution in [0.3, 0.4) is 0 Å². The van der Waals surface area contributed by atoms with E-state index in [0.29, 0.717) is 18.7 Å². The molecule has 0 saturated heterocycles. The van der Waals surface area contributed by atoms with Gasteiger partial charge in [-0.15, -0.1) is 0 Å². The molecule has 9 nitrogen and oxygen atoms in total. The van der Waals surface area contributed by atoms with Gasteiger partial charge in [-0.3, -0.25) is 19.0 Å². The number of aromatic nitrogens is 5. The van der Waals surface area contributed by atoms with Crippen molar-refractivity contribution in [2.75, 3.05) is 0 Å². The van der Waals surface area contributed by atoms with Crippen molar-refractivity contribution in [3.63, 3.8) is 0 Å². The number of hydrogen-bond acceptors (Lipinski definition) is 5. The molecule has 140 valence electrons. The van der Waals surface area contributed by atoms with Gasteiger partial charge < -0.3 is 11.1 Å². The molecule has 3 N–H and O–H groups in total. The highest BCUT2D eigenvalue weighted by molar-refractivity contribution is 5.95. The Labute approximate surface area is 156 Å². The summed E-state index contributed by atoms with van der Waals surface area (Å²) in [6.45, 7) is 2.87. The molecule has 0 aliphatic heterocycles. The number of nitrogens with zero attached hydrogens (tertiary/aromatic N) is 5. The fourth-order valence-corrected chi connectivity index (χ4v) is 2.66. The first-order chi connectivity index (χ1) is 13.0. The quantitative estimate of drug-likeness (QED) is 0.611. The average molecular weight is 367 g/mol. The molecule has 0 saturated carbocycles. The van der Waals surface area contributed by atoms with Crippen LogP contribution in [0.4, 0.5) is 0 Å². The van der Waals surface area contributed by atoms with Crippen LogP contribution in [0, 0.1) is 0 Å². The lowest BCUT2D eigenvalue weighted by Crippen LogP contribution is -2.35. The number of nitrogens with two attached hydrogens (primary N) is 1. The lowest BCUT2D eigenvalue weighted by molar-refractivity contribution is -0.118. The SMILES string of the molecule is C[C@@H](Cn1cncn1)NC(=O)c1cccc(-c2cnn(CCC(N)=O)c2)c1. The first kappa shape index (κ1) is 18.3. The monoisotopic (exact) mass is 367 g/mol. The second kappa shape index (κ2) is 8.26. The van der Waals surface area contributed by atoms with Crippen LogP contribution in [-0.2, 0) is 17.9 Å². The Kier molecular flexibility index (Phi) is 5.60. The zero-order chi connectivity index (χ0) is 19.2. The molecule has 0 radical (unpaired) electrons. The van der Waals surface area contributed by atoms with Gasteiger partial charge in [-0.05, 0) is 24.6 Å². The molecule has 27 heavy (non-hydrogen) atoms. The van der Waals surface area contributed by atoms with Crippen LogP contribution in [0.25, 0.3) is 11.1 Å². The fraction of sp³-hybridized carbons (Fsp3) is 0.278. The van der Waals surface area contributed by atoms with Gasteiger partial charge in [-0.2, -0.15) is 10.2 Å². The minimum atomic E-state index is -0.370. The Bertz CT molecular complexity index is 917. The van der Waals surface area contributed by atoms with Gasteiger partial charge in [-0.25, -0.2) is 4.98 Å². The van der Waals surface area contributed by atoms with E-state index in [4.69, 9.17) is 5.73 Å². The molecule has 0 fully saturated rings. The molecule has 3 rings (SSSR count). The van der Waals surface area contributed by atoms with Crippen LogP contribution in [0.15, 0.2) is 49.3 Å². The lowest BCUT2D eigenvalue weighted by Gasteiger charge is -2.14. The fourth-order valence-electron chi connectivity index (χ4n) is 2.66. The van der Waals surface area contributed by atoms with Gasteiger partial charge in [0.05, 0.1) is 12.7 Å². The molecule has 0 bridgehead atoms. The molecular weight excluding hydrogens is 346 g/mol. The molecule has 1 aromatic carbocycles. The van der Waals surface area contributed by atoms with Crippen LogP contribution in [0.5, 0.6) is 0 Å². The first-order valence-corrected chi connectivity index (χ1v) is 8.56. The largest absolute Gasteiger partial charge is 0.370 e. The minimum absolute atomic E-state index is 0.0978. The number of aryl methyl sites for hydroxylation is 1. The van der Waals surface area contributed by atoms with Crippen LogP contribution >= 0.6 is 0 Å². The van der Waals surface area contributed by atoms with E-state index >= 15 is 0 Å². The van der Waals surface area contributed by atoms with E-state index in [0.717, 1.165) is 11.1 Å². The predicted molar refractivity (Wildman–Crippen MR) is 98.4 cm³/mol. The number of primary amides is 1. The second-order valence-corrected chi connectivity index (χ2v) is 6.28. The van der Waals surface area contributed by atoms with Gasteiger partial charge in [0, 0.05) is 36.3 Å². The van der Waals surface area contributed by atoms with E-state index in [9.17, 15) is 9.59 Å². The minimum Gasteiger partial charge on any atom is -0.370 e. The summed E-state index contributed by atoms with van der Waals surface area (Å²) < 4.78 is 3.33. The highest BCUT2D eigenvalue weighted by Crippen LogP contribution is 2.20. The number of amides is 2. The predicted octanol–water partition coefficient (Wildman–Crippen LogP) is 0.835. The lowest BCUT2D eigenvalue weighted by atomic mass is 10.1. The Hall–Kier alpha value is -3.49. The van der Waals surface area contributed by atoms with Crippen molar-refractivity contribution in [3.8, 4) is 11.1 Å². The van der Waals surface area contributed by atoms with E-state index < -0.39 is 0 Å². The van der Waals surface area contributed by atoms with Gasteiger partial charge in [-0.1, -0.05) is 12.1 Å². The normalized spacial score (nSPS) is 11.9. The highest BCUT2D eigenvalue weighted by Gasteiger charge is 2.12. The van der Waals surface area contributed by atoms with Crippen molar-refractivity contribution in [1.82, 2.24) is 29.9 Å². The summed E-state index contributed by atoms with van der Waals surface area (Å²) in [6.07, 6.45) is 6.83. The molecule has 2 heterocycles. The van der Waals surface area contributed by atoms with Crippen LogP contribution in [-0.4, -0.2) is 42.4 Å². The standard InChI is InChI=1S/C18H21N7O2/c1-13(9-25-12-20-11-22-25)23-18(27)15-4-2-3-14(7-15)16-8-21-24(10-16)6-5-17(19)26/h2-4,7-8,10-13H,5-6,9H2,1H3,(H2,19,26)(H,23,27)/t13-/m0/s1. The van der Waals surface area contributed by atoms with Crippen molar-refractivity contribution < 1.29 is 9.59 Å². The van der Waals surface area contributed by atoms with E-state index in [1.165, 1.54) is 6.33 Å². The summed E-state index contributed by atoms with van der Waals surface area (Å²) in [6, 6.07) is 7.21. The maximum absolute atomic E-state index is 12.5. The van der Waals surface area contributed by atoms with Gasteiger partial charge in [0.2, 0.25) is 5.91 Å². The Balaban J connectivity index is 1.66. The zero-order valence-corrected chi connectivity index (χ0v) is 14.9. The third-order valence-corrected chi connectivity index (χ3v) is 3.98. The van der Waals surface area contributed by atoms with Crippen molar-refractivity contribution >= 4 is 11.8 Å². The van der Waals surface area contributed by atoms with Gasteiger partial charge >= 0.3 is 0 Å². The molecular formula is C18H21N7O2. The topological polar surface area (TPSA) is 121 Å². The summed E-state index contributed by atoms with van der Waals surface area (Å²) in [5.74, 6) is -0.531. The van der Waals surface area contributed by atoms with Crippen LogP contribution in [0.1, 0.15) is 23.7 Å². The molecule has 0 aliphatic carbocycles. The molecule has 1 atom stereocenters. The van der Waals surface area contributed by atoms with Crippen molar-refractivity contribution in [3.05, 3.63) is 54.9 Å². The highest BCUT2D eigenvalue weighted by atomic mass is 16.2. The number of carbonyl (C=O) groups is 2. The van der Waals surface area contributed by atoms with E-state index in [2.05, 4.69) is 20.5 Å². The Morgan fingerprint density at radius 2 is 2.07 bits per heavy atom. The molecule has 0 unspecified atom stereocenters. The van der Waals surface area contributed by atoms with E-state index in [1.54, 1.807) is 28.0 Å². The van der Waals surface area contributed by atoms with Crippen LogP contribution in [0.2, 0.25) is 0 Å². The van der Waals surface area contributed by atoms with Crippen molar-refractivity contribution in [1.29, 1.82) is 0 Å². The van der Waals surface area contributed by atoms with Crippen LogP contribution < -0.4 is 11.1 Å². The maximum atomic E-state index is 12.5. The maximum Gasteiger partial charge on any atom is 0.251 e. The van der Waals surface area contributed by atoms with Crippen molar-refractivity contribution in [2.45, 2.75) is 32.5 Å². The third-order valence-electron chi connectivity index (χ3n) is 3.98. The average Bonchev–Trinajstić information content (AvgIpc) is 3.31. The first-order valence-electron chi connectivity index (χ1n) is 8.56. The van der Waals surface area contributed by atoms with E-state index in [-0.39, 0.29) is 24.3 Å². The van der Waals surface area contributed by atoms with Gasteiger partial charge in [0.1, 0.15) is 12.7 Å². The summed E-state index contributed by atoms with van der Waals surface area (Å²) in [5.41, 5.74) is 7.46. The van der Waals surface area contributed by atoms with Gasteiger partial charge in [0.25, 0.3) is 5.91 Å². The second-order valence-electron chi connectivity index (χ2n) is 6.28. The Morgan fingerprint density at radius 3 is 2.81 bits per heavy atom. The molecule has 0 spiro atoms. The molecule has 2 amide bonds. The van der Waals surface area contributed by atoms with Gasteiger partial charge in [0.15, 0.2) is 0 Å². The third kappa shape index (κ3) is 5.00. The number of nitrogens with one attached hydrogen (secondary N) is 1. The number of carbonyl (C=O) groups excluding carboxylic acids is 2. The molecule has 3 aromatic rings. The summed E-state index contributed by atoms with van der Waals surface area (Å²) in [7, 11) is 0. The zero-order valence-electron chi connectivity index (χ0n) is 14.9. The summed E-state index contributed by atoms with van der Waals surface area (Å²) in [4.78, 5) is 27.3. The molecule has 0 aliphatic rings. The molecule has 2 aromatic heterocycles. The molecule has 9 heteroatoms. The number of rotatable bonds is 8. The number of hydrogen-bond donors (Lipinski definition) is 2. The summed E-state index contributed by atoms with van der Waals surface area (Å²) in [5, 5.41) is 11.2. The van der Waals surface area contributed by atoms with E-state index in [1.807, 2.05) is 31.3 Å². The summed E-state index contributed by atoms with van der Waals surface area (Å²) >= 11 is 0. The number of benzene rings is 1.